The number of carbonyl (C=O) groups excluding carboxylic acids is 1. The van der Waals surface area contributed by atoms with Gasteiger partial charge in [0.1, 0.15) is 0 Å². The van der Waals surface area contributed by atoms with Crippen LogP contribution >= 0.6 is 11.6 Å². The van der Waals surface area contributed by atoms with Gasteiger partial charge in [0.2, 0.25) is 0 Å². The van der Waals surface area contributed by atoms with Crippen molar-refractivity contribution in [2.75, 3.05) is 19.6 Å². The molecule has 0 spiro atoms. The maximum atomic E-state index is 11.9. The molecule has 1 saturated heterocycles. The molecule has 1 aromatic rings. The Morgan fingerprint density at radius 2 is 2.27 bits per heavy atom. The van der Waals surface area contributed by atoms with Gasteiger partial charge in [-0.05, 0) is 24.7 Å². The molecule has 80 valence electrons. The maximum absolute atomic E-state index is 11.9. The first kappa shape index (κ1) is 10.5. The monoisotopic (exact) mass is 224 g/mol. The second-order valence-corrected chi connectivity index (χ2v) is 4.26. The van der Waals surface area contributed by atoms with Gasteiger partial charge in [0, 0.05) is 29.6 Å². The van der Waals surface area contributed by atoms with E-state index < -0.39 is 0 Å². The largest absolute Gasteiger partial charge is 0.338 e. The van der Waals surface area contributed by atoms with Crippen molar-refractivity contribution in [3.05, 3.63) is 34.9 Å². The molecule has 4 heteroatoms. The highest BCUT2D eigenvalue weighted by Crippen LogP contribution is 2.19. The lowest BCUT2D eigenvalue weighted by Gasteiger charge is -2.38. The Balaban J connectivity index is 2.03. The highest BCUT2D eigenvalue weighted by molar-refractivity contribution is 6.30. The molecule has 3 nitrogen and oxygen atoms in total. The van der Waals surface area contributed by atoms with E-state index in [1.165, 1.54) is 0 Å². The molecule has 0 unspecified atom stereocenters. The number of hydrogen-bond acceptors (Lipinski definition) is 2. The SMILES string of the molecule is NCC1CN(C(=O)c2cccc(Cl)c2)C1. The van der Waals surface area contributed by atoms with Crippen LogP contribution < -0.4 is 5.73 Å². The number of amides is 1. The van der Waals surface area contributed by atoms with E-state index in [4.69, 9.17) is 17.3 Å². The molecular weight excluding hydrogens is 212 g/mol. The quantitative estimate of drug-likeness (QED) is 0.825. The van der Waals surface area contributed by atoms with Crippen molar-refractivity contribution in [2.45, 2.75) is 0 Å². The molecule has 0 atom stereocenters. The molecular formula is C11H13ClN2O. The summed E-state index contributed by atoms with van der Waals surface area (Å²) in [5.74, 6) is 0.510. The van der Waals surface area contributed by atoms with Gasteiger partial charge in [-0.25, -0.2) is 0 Å². The van der Waals surface area contributed by atoms with Crippen LogP contribution in [-0.2, 0) is 0 Å². The summed E-state index contributed by atoms with van der Waals surface area (Å²) in [6.07, 6.45) is 0. The smallest absolute Gasteiger partial charge is 0.253 e. The van der Waals surface area contributed by atoms with Crippen LogP contribution in [0.1, 0.15) is 10.4 Å². The Hall–Kier alpha value is -1.06. The van der Waals surface area contributed by atoms with E-state index in [0.717, 1.165) is 13.1 Å². The van der Waals surface area contributed by atoms with Crippen LogP contribution in [-0.4, -0.2) is 30.4 Å². The molecule has 15 heavy (non-hydrogen) atoms. The first-order valence-electron chi connectivity index (χ1n) is 4.95. The minimum absolute atomic E-state index is 0.0437. The molecule has 2 rings (SSSR count). The molecule has 0 aromatic heterocycles. The Labute approximate surface area is 93.8 Å². The van der Waals surface area contributed by atoms with E-state index in [0.29, 0.717) is 23.0 Å². The second kappa shape index (κ2) is 4.21. The van der Waals surface area contributed by atoms with Gasteiger partial charge in [0.15, 0.2) is 0 Å². The molecule has 1 fully saturated rings. The lowest BCUT2D eigenvalue weighted by Crippen LogP contribution is -2.52. The van der Waals surface area contributed by atoms with Crippen molar-refractivity contribution in [1.29, 1.82) is 0 Å². The third-order valence-corrected chi connectivity index (χ3v) is 2.88. The summed E-state index contributed by atoms with van der Waals surface area (Å²) in [7, 11) is 0. The fourth-order valence-electron chi connectivity index (χ4n) is 1.69. The summed E-state index contributed by atoms with van der Waals surface area (Å²) >= 11 is 5.82. The van der Waals surface area contributed by atoms with Crippen molar-refractivity contribution in [1.82, 2.24) is 4.90 Å². The average Bonchev–Trinajstić information content (AvgIpc) is 2.16. The summed E-state index contributed by atoms with van der Waals surface area (Å²) in [6, 6.07) is 7.02. The average molecular weight is 225 g/mol. The molecule has 1 heterocycles. The third-order valence-electron chi connectivity index (χ3n) is 2.65. The van der Waals surface area contributed by atoms with Crippen LogP contribution in [0.25, 0.3) is 0 Å². The molecule has 1 aliphatic heterocycles. The van der Waals surface area contributed by atoms with Crippen LogP contribution in [0.15, 0.2) is 24.3 Å². The second-order valence-electron chi connectivity index (χ2n) is 3.82. The molecule has 0 radical (unpaired) electrons. The van der Waals surface area contributed by atoms with E-state index in [9.17, 15) is 4.79 Å². The number of nitrogens with two attached hydrogens (primary N) is 1. The predicted molar refractivity (Wildman–Crippen MR) is 59.9 cm³/mol. The fourth-order valence-corrected chi connectivity index (χ4v) is 1.88. The van der Waals surface area contributed by atoms with Crippen molar-refractivity contribution < 1.29 is 4.79 Å². The highest BCUT2D eigenvalue weighted by Gasteiger charge is 2.29. The Morgan fingerprint density at radius 3 is 2.87 bits per heavy atom. The molecule has 0 aliphatic carbocycles. The van der Waals surface area contributed by atoms with Gasteiger partial charge >= 0.3 is 0 Å². The van der Waals surface area contributed by atoms with E-state index in [2.05, 4.69) is 0 Å². The number of benzene rings is 1. The van der Waals surface area contributed by atoms with Crippen LogP contribution in [0.3, 0.4) is 0 Å². The minimum Gasteiger partial charge on any atom is -0.338 e. The van der Waals surface area contributed by atoms with Crippen LogP contribution in [0, 0.1) is 5.92 Å². The summed E-state index contributed by atoms with van der Waals surface area (Å²) in [4.78, 5) is 13.7. The first-order chi connectivity index (χ1) is 7.20. The number of rotatable bonds is 2. The zero-order valence-electron chi connectivity index (χ0n) is 8.32. The van der Waals surface area contributed by atoms with E-state index >= 15 is 0 Å². The number of halogens is 1. The molecule has 2 N–H and O–H groups in total. The van der Waals surface area contributed by atoms with Gasteiger partial charge in [0.05, 0.1) is 0 Å². The molecule has 1 aliphatic rings. The van der Waals surface area contributed by atoms with Crippen molar-refractivity contribution in [3.63, 3.8) is 0 Å². The van der Waals surface area contributed by atoms with E-state index in [1.807, 2.05) is 0 Å². The third kappa shape index (κ3) is 2.13. The summed E-state index contributed by atoms with van der Waals surface area (Å²) < 4.78 is 0. The van der Waals surface area contributed by atoms with Gasteiger partial charge in [-0.15, -0.1) is 0 Å². The minimum atomic E-state index is 0.0437. The normalized spacial score (nSPS) is 16.3. The van der Waals surface area contributed by atoms with Crippen LogP contribution in [0.4, 0.5) is 0 Å². The number of nitrogens with zero attached hydrogens (tertiary/aromatic N) is 1. The molecule has 0 bridgehead atoms. The van der Waals surface area contributed by atoms with Gasteiger partial charge in [0.25, 0.3) is 5.91 Å². The summed E-state index contributed by atoms with van der Waals surface area (Å²) in [5.41, 5.74) is 6.15. The van der Waals surface area contributed by atoms with Crippen molar-refractivity contribution >= 4 is 17.5 Å². The number of hydrogen-bond donors (Lipinski definition) is 1. The Kier molecular flexibility index (Phi) is 2.93. The van der Waals surface area contributed by atoms with Gasteiger partial charge in [-0.3, -0.25) is 4.79 Å². The number of likely N-dealkylation sites (tertiary alicyclic amines) is 1. The first-order valence-corrected chi connectivity index (χ1v) is 5.33. The molecule has 1 amide bonds. The Morgan fingerprint density at radius 1 is 1.53 bits per heavy atom. The lowest BCUT2D eigenvalue weighted by atomic mass is 9.99. The van der Waals surface area contributed by atoms with Crippen LogP contribution in [0.5, 0.6) is 0 Å². The fraction of sp³-hybridized carbons (Fsp3) is 0.364. The zero-order chi connectivity index (χ0) is 10.8. The van der Waals surface area contributed by atoms with Gasteiger partial charge < -0.3 is 10.6 Å². The summed E-state index contributed by atoms with van der Waals surface area (Å²) in [5, 5.41) is 0.594. The Bertz CT molecular complexity index is 375. The van der Waals surface area contributed by atoms with Gasteiger partial charge in [-0.1, -0.05) is 17.7 Å². The van der Waals surface area contributed by atoms with Gasteiger partial charge in [-0.2, -0.15) is 0 Å². The zero-order valence-corrected chi connectivity index (χ0v) is 9.07. The maximum Gasteiger partial charge on any atom is 0.253 e. The molecule has 1 aromatic carbocycles. The number of carbonyl (C=O) groups is 1. The summed E-state index contributed by atoms with van der Waals surface area (Å²) in [6.45, 7) is 2.18. The van der Waals surface area contributed by atoms with Crippen LogP contribution in [0.2, 0.25) is 5.02 Å². The van der Waals surface area contributed by atoms with Crippen molar-refractivity contribution in [3.8, 4) is 0 Å². The van der Waals surface area contributed by atoms with E-state index in [1.54, 1.807) is 29.2 Å². The van der Waals surface area contributed by atoms with E-state index in [-0.39, 0.29) is 5.91 Å². The standard InChI is InChI=1S/C11H13ClN2O/c12-10-3-1-2-9(4-10)11(15)14-6-8(5-13)7-14/h1-4,8H,5-7,13H2. The predicted octanol–water partition coefficient (Wildman–Crippen LogP) is 1.37. The highest BCUT2D eigenvalue weighted by atomic mass is 35.5. The lowest BCUT2D eigenvalue weighted by molar-refractivity contribution is 0.0515. The topological polar surface area (TPSA) is 46.3 Å². The molecule has 0 saturated carbocycles. The van der Waals surface area contributed by atoms with Crippen molar-refractivity contribution in [2.24, 2.45) is 11.7 Å².